The zero-order valence-electron chi connectivity index (χ0n) is 17.3. The van der Waals surface area contributed by atoms with Crippen LogP contribution in [0.1, 0.15) is 41.4 Å². The molecule has 9 heteroatoms. The van der Waals surface area contributed by atoms with E-state index >= 15 is 0 Å². The van der Waals surface area contributed by atoms with Crippen LogP contribution in [-0.2, 0) is 24.1 Å². The van der Waals surface area contributed by atoms with Crippen LogP contribution >= 0.6 is 11.3 Å². The van der Waals surface area contributed by atoms with Gasteiger partial charge in [0, 0.05) is 32.9 Å². The number of aromatic nitrogens is 3. The monoisotopic (exact) mass is 418 g/mol. The molecular formula is C20H30N6O2S. The van der Waals surface area contributed by atoms with E-state index in [1.54, 1.807) is 17.5 Å². The van der Waals surface area contributed by atoms with Crippen LogP contribution in [0.2, 0.25) is 0 Å². The third-order valence-corrected chi connectivity index (χ3v) is 7.03. The molecule has 0 spiro atoms. The SMILES string of the molecule is CCc1nc2c(s1)C(N(C)C(=O)Nc1cnn(CCN3CCOCC3)c1)CCC2. The summed E-state index contributed by atoms with van der Waals surface area (Å²) in [7, 11) is 1.88. The van der Waals surface area contributed by atoms with E-state index < -0.39 is 0 Å². The van der Waals surface area contributed by atoms with Gasteiger partial charge in [-0.2, -0.15) is 5.10 Å². The van der Waals surface area contributed by atoms with Crippen LogP contribution in [0.3, 0.4) is 0 Å². The quantitative estimate of drug-likeness (QED) is 0.781. The molecule has 2 aromatic rings. The highest BCUT2D eigenvalue weighted by molar-refractivity contribution is 7.11. The maximum absolute atomic E-state index is 12.9. The van der Waals surface area contributed by atoms with Crippen molar-refractivity contribution in [1.29, 1.82) is 0 Å². The topological polar surface area (TPSA) is 75.5 Å². The minimum Gasteiger partial charge on any atom is -0.379 e. The molecule has 0 aromatic carbocycles. The van der Waals surface area contributed by atoms with Crippen LogP contribution in [0.15, 0.2) is 12.4 Å². The summed E-state index contributed by atoms with van der Waals surface area (Å²) in [6, 6.07) is 0.00921. The first-order valence-corrected chi connectivity index (χ1v) is 11.3. The molecule has 1 fully saturated rings. The number of thiazole rings is 1. The van der Waals surface area contributed by atoms with Gasteiger partial charge in [0.05, 0.1) is 53.3 Å². The van der Waals surface area contributed by atoms with Gasteiger partial charge in [0.2, 0.25) is 0 Å². The first-order valence-electron chi connectivity index (χ1n) is 10.5. The van der Waals surface area contributed by atoms with Gasteiger partial charge in [-0.25, -0.2) is 9.78 Å². The lowest BCUT2D eigenvalue weighted by atomic mass is 9.97. The van der Waals surface area contributed by atoms with E-state index in [2.05, 4.69) is 22.2 Å². The summed E-state index contributed by atoms with van der Waals surface area (Å²) < 4.78 is 7.27. The molecule has 0 radical (unpaired) electrons. The van der Waals surface area contributed by atoms with Gasteiger partial charge in [-0.3, -0.25) is 9.58 Å². The molecule has 1 unspecified atom stereocenters. The van der Waals surface area contributed by atoms with Crippen molar-refractivity contribution >= 4 is 23.1 Å². The van der Waals surface area contributed by atoms with Crippen LogP contribution in [-0.4, -0.2) is 70.5 Å². The summed E-state index contributed by atoms with van der Waals surface area (Å²) in [4.78, 5) is 23.0. The van der Waals surface area contributed by atoms with Crippen LogP contribution < -0.4 is 5.32 Å². The summed E-state index contributed by atoms with van der Waals surface area (Å²) in [5.41, 5.74) is 1.91. The highest BCUT2D eigenvalue weighted by Gasteiger charge is 2.30. The van der Waals surface area contributed by atoms with Crippen molar-refractivity contribution in [3.05, 3.63) is 28.0 Å². The fourth-order valence-electron chi connectivity index (χ4n) is 3.94. The van der Waals surface area contributed by atoms with Crippen molar-refractivity contribution < 1.29 is 9.53 Å². The number of morpholine rings is 1. The molecule has 1 aliphatic carbocycles. The fraction of sp³-hybridized carbons (Fsp3) is 0.650. The molecule has 2 amide bonds. The Bertz CT molecular complexity index is 829. The van der Waals surface area contributed by atoms with Gasteiger partial charge in [-0.15, -0.1) is 11.3 Å². The smallest absolute Gasteiger partial charge is 0.322 e. The number of rotatable bonds is 6. The largest absolute Gasteiger partial charge is 0.379 e. The predicted octanol–water partition coefficient (Wildman–Crippen LogP) is 2.78. The average molecular weight is 419 g/mol. The third-order valence-electron chi connectivity index (χ3n) is 5.69. The summed E-state index contributed by atoms with van der Waals surface area (Å²) in [5, 5.41) is 8.56. The molecule has 3 heterocycles. The Morgan fingerprint density at radius 2 is 2.21 bits per heavy atom. The molecule has 4 rings (SSSR count). The summed E-state index contributed by atoms with van der Waals surface area (Å²) >= 11 is 1.76. The van der Waals surface area contributed by atoms with E-state index in [1.807, 2.05) is 22.8 Å². The second-order valence-electron chi connectivity index (χ2n) is 7.67. The Morgan fingerprint density at radius 3 is 3.00 bits per heavy atom. The van der Waals surface area contributed by atoms with Crippen LogP contribution in [0.4, 0.5) is 10.5 Å². The first kappa shape index (κ1) is 20.3. The molecule has 2 aromatic heterocycles. The van der Waals surface area contributed by atoms with Crippen LogP contribution in [0.5, 0.6) is 0 Å². The van der Waals surface area contributed by atoms with Crippen molar-refractivity contribution in [2.45, 2.75) is 45.2 Å². The van der Waals surface area contributed by atoms with Gasteiger partial charge in [-0.1, -0.05) is 6.92 Å². The Kier molecular flexibility index (Phi) is 6.46. The maximum Gasteiger partial charge on any atom is 0.322 e. The Balaban J connectivity index is 1.33. The third kappa shape index (κ3) is 4.79. The van der Waals surface area contributed by atoms with Crippen molar-refractivity contribution in [3.63, 3.8) is 0 Å². The van der Waals surface area contributed by atoms with E-state index in [9.17, 15) is 4.79 Å². The predicted molar refractivity (Wildman–Crippen MR) is 113 cm³/mol. The number of nitrogens with zero attached hydrogens (tertiary/aromatic N) is 5. The first-order chi connectivity index (χ1) is 14.1. The number of aryl methyl sites for hydroxylation is 2. The lowest BCUT2D eigenvalue weighted by molar-refractivity contribution is 0.0360. The molecule has 0 bridgehead atoms. The minimum atomic E-state index is -0.0953. The number of amides is 2. The number of urea groups is 1. The maximum atomic E-state index is 12.9. The molecule has 1 atom stereocenters. The van der Waals surface area contributed by atoms with Gasteiger partial charge < -0.3 is 15.0 Å². The Labute approximate surface area is 175 Å². The van der Waals surface area contributed by atoms with Crippen molar-refractivity contribution in [2.75, 3.05) is 45.2 Å². The fourth-order valence-corrected chi connectivity index (χ4v) is 5.17. The molecule has 158 valence electrons. The zero-order valence-corrected chi connectivity index (χ0v) is 18.1. The van der Waals surface area contributed by atoms with Crippen molar-refractivity contribution in [1.82, 2.24) is 24.6 Å². The Morgan fingerprint density at radius 1 is 1.38 bits per heavy atom. The highest BCUT2D eigenvalue weighted by Crippen LogP contribution is 2.37. The van der Waals surface area contributed by atoms with Crippen LogP contribution in [0.25, 0.3) is 0 Å². The molecular weight excluding hydrogens is 388 g/mol. The number of anilines is 1. The van der Waals surface area contributed by atoms with Gasteiger partial charge in [0.25, 0.3) is 0 Å². The number of carbonyl (C=O) groups is 1. The molecule has 1 aliphatic heterocycles. The second kappa shape index (κ2) is 9.23. The Hall–Kier alpha value is -1.97. The number of hydrogen-bond donors (Lipinski definition) is 1. The summed E-state index contributed by atoms with van der Waals surface area (Å²) in [6.45, 7) is 7.41. The number of hydrogen-bond acceptors (Lipinski definition) is 6. The van der Waals surface area contributed by atoms with E-state index in [0.717, 1.165) is 75.8 Å². The average Bonchev–Trinajstić information content (AvgIpc) is 3.38. The van der Waals surface area contributed by atoms with Gasteiger partial charge >= 0.3 is 6.03 Å². The zero-order chi connectivity index (χ0) is 20.2. The lowest BCUT2D eigenvalue weighted by Gasteiger charge is -2.30. The number of carbonyl (C=O) groups excluding carboxylic acids is 1. The standard InChI is InChI=1S/C20H30N6O2S/c1-3-18-23-16-5-4-6-17(19(16)29-18)24(2)20(27)22-15-13-21-26(14-15)8-7-25-9-11-28-12-10-25/h13-14,17H,3-12H2,1-2H3,(H,22,27). The molecule has 1 N–H and O–H groups in total. The highest BCUT2D eigenvalue weighted by atomic mass is 32.1. The normalized spacial score (nSPS) is 19.7. The lowest BCUT2D eigenvalue weighted by Crippen LogP contribution is -2.38. The molecule has 8 nitrogen and oxygen atoms in total. The van der Waals surface area contributed by atoms with E-state index in [-0.39, 0.29) is 12.1 Å². The van der Waals surface area contributed by atoms with Crippen LogP contribution in [0, 0.1) is 0 Å². The minimum absolute atomic E-state index is 0.0953. The number of fused-ring (bicyclic) bond motifs is 1. The second-order valence-corrected chi connectivity index (χ2v) is 8.78. The van der Waals surface area contributed by atoms with Gasteiger partial charge in [0.1, 0.15) is 0 Å². The molecule has 0 saturated carbocycles. The van der Waals surface area contributed by atoms with Crippen molar-refractivity contribution in [3.8, 4) is 0 Å². The summed E-state index contributed by atoms with van der Waals surface area (Å²) in [6.07, 6.45) is 7.65. The van der Waals surface area contributed by atoms with E-state index in [0.29, 0.717) is 0 Å². The van der Waals surface area contributed by atoms with E-state index in [4.69, 9.17) is 9.72 Å². The van der Waals surface area contributed by atoms with E-state index in [1.165, 1.54) is 10.6 Å². The number of ether oxygens (including phenoxy) is 1. The molecule has 1 saturated heterocycles. The molecule has 29 heavy (non-hydrogen) atoms. The van der Waals surface area contributed by atoms with Gasteiger partial charge in [0.15, 0.2) is 0 Å². The summed E-state index contributed by atoms with van der Waals surface area (Å²) in [5.74, 6) is 0. The van der Waals surface area contributed by atoms with Gasteiger partial charge in [-0.05, 0) is 25.7 Å². The van der Waals surface area contributed by atoms with Crippen molar-refractivity contribution in [2.24, 2.45) is 0 Å². The number of nitrogens with one attached hydrogen (secondary N) is 1. The molecule has 2 aliphatic rings.